The molecule has 4 aromatic heterocycles. The second-order valence-corrected chi connectivity index (χ2v) is 26.3. The van der Waals surface area contributed by atoms with E-state index in [1.54, 1.807) is 0 Å². The summed E-state index contributed by atoms with van der Waals surface area (Å²) >= 11 is 0. The van der Waals surface area contributed by atoms with Gasteiger partial charge in [0.15, 0.2) is 22.9 Å². The van der Waals surface area contributed by atoms with E-state index in [-0.39, 0.29) is 74.8 Å². The molecule has 4 aliphatic heterocycles. The fourth-order valence-electron chi connectivity index (χ4n) is 12.1. The molecule has 0 spiro atoms. The van der Waals surface area contributed by atoms with Gasteiger partial charge in [-0.15, -0.1) is 0 Å². The maximum atomic E-state index is 6.43. The molecule has 0 bridgehead atoms. The lowest BCUT2D eigenvalue weighted by Crippen LogP contribution is -2.70. The molecule has 12 rings (SSSR count). The van der Waals surface area contributed by atoms with Gasteiger partial charge >= 0.3 is 27.0 Å². The number of benzene rings is 4. The zero-order valence-corrected chi connectivity index (χ0v) is 60.4. The Morgan fingerprint density at radius 3 is 0.510 bits per heavy atom. The van der Waals surface area contributed by atoms with Crippen LogP contribution in [0.5, 0.6) is 0 Å². The largest absolute Gasteiger partial charge is 0.534 e. The molecule has 96 heavy (non-hydrogen) atoms. The number of hydrogen-bond acceptors (Lipinski definition) is 12. The molecular formula is C72H112B4N8O12. The van der Waals surface area contributed by atoms with Gasteiger partial charge in [0, 0.05) is 79.3 Å². The predicted octanol–water partition coefficient (Wildman–Crippen LogP) is 9.36. The summed E-state index contributed by atoms with van der Waals surface area (Å²) in [7, 11) is 0. The third kappa shape index (κ3) is 20.3. The molecule has 8 heterocycles. The zero-order chi connectivity index (χ0) is 69.1. The van der Waals surface area contributed by atoms with Crippen LogP contribution in [-0.4, -0.2) is 125 Å². The molecule has 0 atom stereocenters. The van der Waals surface area contributed by atoms with Crippen LogP contribution in [0.2, 0.25) is 0 Å². The summed E-state index contributed by atoms with van der Waals surface area (Å²) in [5.74, 6) is 0. The normalized spacial score (nSPS) is 16.7. The van der Waals surface area contributed by atoms with Crippen LogP contribution in [0.25, 0.3) is 0 Å². The Morgan fingerprint density at radius 1 is 0.260 bits per heavy atom. The van der Waals surface area contributed by atoms with Crippen molar-refractivity contribution in [1.82, 2.24) is 18.3 Å². The van der Waals surface area contributed by atoms with Crippen LogP contribution in [0.4, 0.5) is 0 Å². The van der Waals surface area contributed by atoms with Crippen LogP contribution in [0.3, 0.4) is 0 Å². The van der Waals surface area contributed by atoms with Crippen LogP contribution in [0, 0.1) is 0 Å². The smallest absolute Gasteiger partial charge is 0.491 e. The van der Waals surface area contributed by atoms with Gasteiger partial charge in [0.25, 0.3) is 0 Å². The number of nitrogens with zero attached hydrogens (tertiary/aromatic N) is 8. The maximum absolute atomic E-state index is 6.43. The Labute approximate surface area is 573 Å². The van der Waals surface area contributed by atoms with E-state index >= 15 is 0 Å². The van der Waals surface area contributed by atoms with Crippen LogP contribution in [0.15, 0.2) is 195 Å². The first-order chi connectivity index (χ1) is 46.2. The SMILES string of the molecule is CC(C)n1cc[n+](C(C)C)c1[B-]1(OCCO[B-]2(c3n(C(C)C)cc[n+]3C(C)C)OCCO2)OCCO1.CC(C)n1cc[n+](C(C)C)c1[B-]1(OCCO[B-]2(c3n(C(C)C)cc[n+]3C(C)C)OCCO2)OCCO1.c1ccccc1.c1ccccc1.c1ccccc1.c1ccccc1. The van der Waals surface area contributed by atoms with Gasteiger partial charge in [-0.05, 0) is 111 Å². The van der Waals surface area contributed by atoms with Crippen molar-refractivity contribution in [2.45, 2.75) is 159 Å². The molecule has 20 nitrogen and oxygen atoms in total. The molecule has 524 valence electrons. The molecule has 4 saturated heterocycles. The summed E-state index contributed by atoms with van der Waals surface area (Å²) in [6.07, 6.45) is 16.5. The van der Waals surface area contributed by atoms with E-state index in [0.717, 1.165) is 22.9 Å². The average molecular weight is 1320 g/mol. The third-order valence-electron chi connectivity index (χ3n) is 16.6. The van der Waals surface area contributed by atoms with Crippen molar-refractivity contribution in [1.29, 1.82) is 0 Å². The molecule has 0 saturated carbocycles. The van der Waals surface area contributed by atoms with Gasteiger partial charge in [-0.3, -0.25) is 36.5 Å². The monoisotopic (exact) mass is 1320 g/mol. The van der Waals surface area contributed by atoms with Crippen molar-refractivity contribution in [3.63, 3.8) is 0 Å². The van der Waals surface area contributed by atoms with Gasteiger partial charge in [0.2, 0.25) is 0 Å². The van der Waals surface area contributed by atoms with Crippen molar-refractivity contribution in [3.05, 3.63) is 195 Å². The minimum absolute atomic E-state index is 0.230. The van der Waals surface area contributed by atoms with Crippen molar-refractivity contribution in [3.8, 4) is 0 Å². The van der Waals surface area contributed by atoms with Crippen LogP contribution >= 0.6 is 0 Å². The minimum atomic E-state index is -2.12. The summed E-state index contributed by atoms with van der Waals surface area (Å²) in [5, 5.41) is 0. The first-order valence-corrected chi connectivity index (χ1v) is 34.9. The second-order valence-electron chi connectivity index (χ2n) is 26.3. The van der Waals surface area contributed by atoms with Gasteiger partial charge in [-0.1, -0.05) is 146 Å². The number of hydrogen-bond donors (Lipinski definition) is 0. The topological polar surface area (TPSA) is 146 Å². The van der Waals surface area contributed by atoms with Gasteiger partial charge in [-0.25, -0.2) is 0 Å². The van der Waals surface area contributed by atoms with Crippen molar-refractivity contribution < 1.29 is 74.1 Å². The van der Waals surface area contributed by atoms with Crippen LogP contribution in [-0.2, 0) is 55.9 Å². The minimum Gasteiger partial charge on any atom is -0.534 e. The fourth-order valence-corrected chi connectivity index (χ4v) is 12.1. The highest BCUT2D eigenvalue weighted by atomic mass is 16.8. The summed E-state index contributed by atoms with van der Waals surface area (Å²) in [5.41, 5.74) is 3.60. The van der Waals surface area contributed by atoms with Gasteiger partial charge in [-0.2, -0.15) is 0 Å². The molecule has 4 aliphatic rings. The molecule has 24 heteroatoms. The molecule has 8 aromatic rings. The highest BCUT2D eigenvalue weighted by Gasteiger charge is 2.51. The number of aromatic nitrogens is 8. The Morgan fingerprint density at radius 2 is 0.396 bits per heavy atom. The fraction of sp³-hybridized carbons (Fsp3) is 0.500. The van der Waals surface area contributed by atoms with E-state index in [9.17, 15) is 0 Å². The molecule has 0 radical (unpaired) electrons. The molecule has 0 N–H and O–H groups in total. The quantitative estimate of drug-likeness (QED) is 0.0362. The van der Waals surface area contributed by atoms with E-state index in [0.29, 0.717) is 52.9 Å². The summed E-state index contributed by atoms with van der Waals surface area (Å²) in [6, 6.07) is 49.8. The highest BCUT2D eigenvalue weighted by molar-refractivity contribution is 6.75. The van der Waals surface area contributed by atoms with E-state index in [2.05, 4.69) is 197 Å². The molecule has 0 aliphatic carbocycles. The Balaban J connectivity index is 0.000000200. The third-order valence-corrected chi connectivity index (χ3v) is 16.6. The van der Waals surface area contributed by atoms with Crippen molar-refractivity contribution in [2.24, 2.45) is 0 Å². The first kappa shape index (κ1) is 76.9. The molecule has 0 amide bonds. The van der Waals surface area contributed by atoms with Gasteiger partial charge in [0.05, 0.1) is 48.3 Å². The highest BCUT2D eigenvalue weighted by Crippen LogP contribution is 2.23. The second kappa shape index (κ2) is 38.0. The molecular weight excluding hydrogens is 1210 g/mol. The Hall–Kier alpha value is -6.50. The van der Waals surface area contributed by atoms with Gasteiger partial charge < -0.3 is 55.9 Å². The van der Waals surface area contributed by atoms with Crippen molar-refractivity contribution in [2.75, 3.05) is 79.3 Å². The summed E-state index contributed by atoms with van der Waals surface area (Å²) < 4.78 is 92.6. The molecule has 4 fully saturated rings. The van der Waals surface area contributed by atoms with E-state index in [1.807, 2.05) is 146 Å². The molecule has 4 aromatic carbocycles. The lowest BCUT2D eigenvalue weighted by atomic mass is 9.75. The van der Waals surface area contributed by atoms with Crippen molar-refractivity contribution >= 4 is 49.9 Å². The number of rotatable bonds is 22. The summed E-state index contributed by atoms with van der Waals surface area (Å²) in [6.45, 7) is 30.7. The Bertz CT molecular complexity index is 2730. The van der Waals surface area contributed by atoms with Crippen LogP contribution in [0.1, 0.15) is 159 Å². The van der Waals surface area contributed by atoms with Crippen LogP contribution < -0.4 is 41.2 Å². The Kier molecular flexibility index (Phi) is 30.4. The van der Waals surface area contributed by atoms with E-state index in [1.165, 1.54) is 0 Å². The standard InChI is InChI=1S/2C24H44B2N4O6.4C6H6/c2*1-19(2)27-9-10-28(20(3)4)23(27)25(31-13-14-32-25)35-17-18-36-26(33-15-16-34-26)24-29(21(5)6)11-12-30(24)22(7)8;4*1-2-4-6-5-3-1/h2*9-12,19-22H,13-18H2,1-8H3;4*1-6H. The lowest BCUT2D eigenvalue weighted by Gasteiger charge is -2.37. The summed E-state index contributed by atoms with van der Waals surface area (Å²) in [4.78, 5) is 0. The lowest BCUT2D eigenvalue weighted by molar-refractivity contribution is -0.701. The average Bonchev–Trinajstić information content (AvgIpc) is 1.61. The van der Waals surface area contributed by atoms with E-state index < -0.39 is 27.0 Å². The molecule has 0 unspecified atom stereocenters. The van der Waals surface area contributed by atoms with E-state index in [4.69, 9.17) is 55.9 Å². The number of imidazole rings is 4. The maximum Gasteiger partial charge on any atom is 0.491 e. The zero-order valence-electron chi connectivity index (χ0n) is 60.4. The van der Waals surface area contributed by atoms with Gasteiger partial charge in [0.1, 0.15) is 49.6 Å². The first-order valence-electron chi connectivity index (χ1n) is 34.9. The predicted molar refractivity (Wildman–Crippen MR) is 380 cm³/mol.